The lowest BCUT2D eigenvalue weighted by atomic mass is 10.1. The summed E-state index contributed by atoms with van der Waals surface area (Å²) in [5.41, 5.74) is 1.34. The molecule has 3 aromatic carbocycles. The molecule has 4 aromatic rings. The predicted octanol–water partition coefficient (Wildman–Crippen LogP) is 5.24. The summed E-state index contributed by atoms with van der Waals surface area (Å²) in [4.78, 5) is 16.8. The van der Waals surface area contributed by atoms with E-state index in [1.165, 1.54) is 29.5 Å². The van der Waals surface area contributed by atoms with Gasteiger partial charge in [0.05, 0.1) is 22.0 Å². The number of nitrogens with one attached hydrogen (secondary N) is 2. The largest absolute Gasteiger partial charge is 0.386 e. The van der Waals surface area contributed by atoms with Crippen LogP contribution in [0.5, 0.6) is 0 Å². The molecule has 1 aromatic heterocycles. The van der Waals surface area contributed by atoms with Gasteiger partial charge in [-0.1, -0.05) is 18.2 Å². The molecule has 0 saturated heterocycles. The van der Waals surface area contributed by atoms with Crippen LogP contribution in [0.2, 0.25) is 0 Å². The summed E-state index contributed by atoms with van der Waals surface area (Å²) >= 11 is 1.36. The molecule has 5 nitrogen and oxygen atoms in total. The Morgan fingerprint density at radius 1 is 1.03 bits per heavy atom. The van der Waals surface area contributed by atoms with E-state index >= 15 is 0 Å². The molecule has 1 unspecified atom stereocenters. The number of fused-ring (bicyclic) bond motifs is 1. The second kappa shape index (κ2) is 8.75. The number of hydrogen-bond acceptors (Lipinski definition) is 4. The number of aliphatic hydroxyl groups excluding tert-OH is 1. The highest BCUT2D eigenvalue weighted by Crippen LogP contribution is 2.35. The summed E-state index contributed by atoms with van der Waals surface area (Å²) in [6.45, 7) is -0.313. The van der Waals surface area contributed by atoms with E-state index in [0.29, 0.717) is 22.3 Å². The molecule has 1 atom stereocenters. The summed E-state index contributed by atoms with van der Waals surface area (Å²) in [6.07, 6.45) is -1.37. The fraction of sp³-hybridized carbons (Fsp3) is 0.0909. The lowest BCUT2D eigenvalue weighted by Gasteiger charge is -2.15. The molecule has 0 fully saturated rings. The Hall–Kier alpha value is -3.43. The average molecular weight is 443 g/mol. The zero-order chi connectivity index (χ0) is 22.0. The zero-order valence-corrected chi connectivity index (χ0v) is 16.7. The fourth-order valence-corrected chi connectivity index (χ4v) is 4.02. The van der Waals surface area contributed by atoms with Gasteiger partial charge in [0.15, 0.2) is 0 Å². The number of benzene rings is 3. The standard InChI is InChI=1S/C22H16F3N3O2S/c23-12-6-8-17(15(9-12)21-27-18-3-1-2-4-20(18)31-21)28-22(30)26-11-19(29)14-7-5-13(24)10-16(14)25/h1-10,19,29H,11H2,(H2,26,28,30). The lowest BCUT2D eigenvalue weighted by Crippen LogP contribution is -2.32. The van der Waals surface area contributed by atoms with Crippen molar-refractivity contribution in [2.45, 2.75) is 6.10 Å². The average Bonchev–Trinajstić information content (AvgIpc) is 3.17. The first-order valence-corrected chi connectivity index (χ1v) is 10.1. The van der Waals surface area contributed by atoms with Crippen molar-refractivity contribution in [1.82, 2.24) is 10.3 Å². The van der Waals surface area contributed by atoms with E-state index in [2.05, 4.69) is 15.6 Å². The van der Waals surface area contributed by atoms with Gasteiger partial charge >= 0.3 is 6.03 Å². The topological polar surface area (TPSA) is 74.2 Å². The van der Waals surface area contributed by atoms with E-state index in [9.17, 15) is 23.1 Å². The fourth-order valence-electron chi connectivity index (χ4n) is 3.03. The smallest absolute Gasteiger partial charge is 0.319 e. The minimum atomic E-state index is -1.37. The van der Waals surface area contributed by atoms with E-state index in [4.69, 9.17) is 0 Å². The summed E-state index contributed by atoms with van der Waals surface area (Å²) in [7, 11) is 0. The molecule has 0 spiro atoms. The molecular formula is C22H16F3N3O2S. The highest BCUT2D eigenvalue weighted by atomic mass is 32.1. The van der Waals surface area contributed by atoms with E-state index in [1.807, 2.05) is 24.3 Å². The number of hydrogen-bond donors (Lipinski definition) is 3. The molecular weight excluding hydrogens is 427 g/mol. The van der Waals surface area contributed by atoms with E-state index in [-0.39, 0.29) is 12.1 Å². The van der Waals surface area contributed by atoms with Gasteiger partial charge in [0.25, 0.3) is 0 Å². The third-order valence-electron chi connectivity index (χ3n) is 4.53. The molecule has 0 bridgehead atoms. The van der Waals surface area contributed by atoms with Crippen molar-refractivity contribution < 1.29 is 23.1 Å². The zero-order valence-electron chi connectivity index (χ0n) is 15.9. The summed E-state index contributed by atoms with van der Waals surface area (Å²) in [6, 6.07) is 13.4. The first-order valence-electron chi connectivity index (χ1n) is 9.24. The quantitative estimate of drug-likeness (QED) is 0.395. The van der Waals surface area contributed by atoms with Crippen LogP contribution in [0.15, 0.2) is 60.7 Å². The van der Waals surface area contributed by atoms with Gasteiger partial charge in [0.2, 0.25) is 0 Å². The maximum Gasteiger partial charge on any atom is 0.319 e. The number of carbonyl (C=O) groups excluding carboxylic acids is 1. The van der Waals surface area contributed by atoms with Crippen molar-refractivity contribution in [2.75, 3.05) is 11.9 Å². The normalized spacial score (nSPS) is 12.0. The Bertz CT molecular complexity index is 1230. The summed E-state index contributed by atoms with van der Waals surface area (Å²) in [5, 5.41) is 15.6. The van der Waals surface area contributed by atoms with Crippen molar-refractivity contribution in [2.24, 2.45) is 0 Å². The highest BCUT2D eigenvalue weighted by molar-refractivity contribution is 7.21. The first-order chi connectivity index (χ1) is 14.9. The van der Waals surface area contributed by atoms with Crippen molar-refractivity contribution in [1.29, 1.82) is 0 Å². The third-order valence-corrected chi connectivity index (χ3v) is 5.60. The molecule has 0 aliphatic carbocycles. The predicted molar refractivity (Wildman–Crippen MR) is 113 cm³/mol. The number of thiazole rings is 1. The van der Waals surface area contributed by atoms with Crippen LogP contribution in [0.1, 0.15) is 11.7 Å². The molecule has 158 valence electrons. The minimum absolute atomic E-state index is 0.140. The van der Waals surface area contributed by atoms with Gasteiger partial charge in [0, 0.05) is 23.7 Å². The monoisotopic (exact) mass is 443 g/mol. The maximum absolute atomic E-state index is 13.9. The Morgan fingerprint density at radius 3 is 2.55 bits per heavy atom. The number of nitrogens with zero attached hydrogens (tertiary/aromatic N) is 1. The number of para-hydroxylation sites is 1. The number of anilines is 1. The lowest BCUT2D eigenvalue weighted by molar-refractivity contribution is 0.170. The van der Waals surface area contributed by atoms with Crippen LogP contribution in [-0.4, -0.2) is 22.7 Å². The molecule has 4 rings (SSSR count). The number of halogens is 3. The number of carbonyl (C=O) groups is 1. The van der Waals surface area contributed by atoms with Crippen LogP contribution < -0.4 is 10.6 Å². The van der Waals surface area contributed by atoms with Crippen molar-refractivity contribution in [3.8, 4) is 10.6 Å². The highest BCUT2D eigenvalue weighted by Gasteiger charge is 2.17. The second-order valence-electron chi connectivity index (χ2n) is 6.69. The maximum atomic E-state index is 13.9. The van der Waals surface area contributed by atoms with Crippen molar-refractivity contribution >= 4 is 33.3 Å². The Labute approximate surface area is 179 Å². The molecule has 9 heteroatoms. The van der Waals surface area contributed by atoms with Gasteiger partial charge in [-0.25, -0.2) is 22.9 Å². The van der Waals surface area contributed by atoms with Gasteiger partial charge in [0.1, 0.15) is 22.5 Å². The van der Waals surface area contributed by atoms with Gasteiger partial charge in [-0.2, -0.15) is 0 Å². The van der Waals surface area contributed by atoms with Crippen LogP contribution in [-0.2, 0) is 0 Å². The molecule has 2 amide bonds. The number of amides is 2. The van der Waals surface area contributed by atoms with Gasteiger partial charge in [-0.05, 0) is 36.4 Å². The Balaban J connectivity index is 1.49. The number of aliphatic hydroxyl groups is 1. The summed E-state index contributed by atoms with van der Waals surface area (Å²) in [5.74, 6) is -2.16. The van der Waals surface area contributed by atoms with E-state index in [1.54, 1.807) is 0 Å². The van der Waals surface area contributed by atoms with Gasteiger partial charge in [-0.15, -0.1) is 11.3 Å². The molecule has 31 heavy (non-hydrogen) atoms. The molecule has 0 aliphatic heterocycles. The SMILES string of the molecule is O=C(NCC(O)c1ccc(F)cc1F)Nc1ccc(F)cc1-c1nc2ccccc2s1. The molecule has 0 aliphatic rings. The van der Waals surface area contributed by atoms with Gasteiger partial charge in [-0.3, -0.25) is 0 Å². The minimum Gasteiger partial charge on any atom is -0.386 e. The van der Waals surface area contributed by atoms with Crippen molar-refractivity contribution in [3.63, 3.8) is 0 Å². The van der Waals surface area contributed by atoms with Gasteiger partial charge < -0.3 is 15.7 Å². The number of urea groups is 1. The second-order valence-corrected chi connectivity index (χ2v) is 7.72. The van der Waals surface area contributed by atoms with Crippen LogP contribution in [0, 0.1) is 17.5 Å². The van der Waals surface area contributed by atoms with Crippen LogP contribution >= 0.6 is 11.3 Å². The van der Waals surface area contributed by atoms with Crippen LogP contribution in [0.4, 0.5) is 23.7 Å². The Kier molecular flexibility index (Phi) is 5.88. The van der Waals surface area contributed by atoms with E-state index < -0.39 is 29.6 Å². The molecule has 1 heterocycles. The molecule has 0 saturated carbocycles. The van der Waals surface area contributed by atoms with Crippen LogP contribution in [0.25, 0.3) is 20.8 Å². The Morgan fingerprint density at radius 2 is 1.77 bits per heavy atom. The molecule has 0 radical (unpaired) electrons. The number of aromatic nitrogens is 1. The first kappa shape index (κ1) is 20.8. The van der Waals surface area contributed by atoms with Crippen molar-refractivity contribution in [3.05, 3.63) is 83.7 Å². The number of rotatable bonds is 5. The third kappa shape index (κ3) is 4.68. The summed E-state index contributed by atoms with van der Waals surface area (Å²) < 4.78 is 41.6. The molecule has 3 N–H and O–H groups in total. The van der Waals surface area contributed by atoms with Crippen LogP contribution in [0.3, 0.4) is 0 Å². The van der Waals surface area contributed by atoms with E-state index in [0.717, 1.165) is 22.3 Å².